The second kappa shape index (κ2) is 4.69. The molecule has 104 valence electrons. The number of alkyl halides is 5. The van der Waals surface area contributed by atoms with Gasteiger partial charge in [-0.15, -0.1) is 10.2 Å². The Hall–Kier alpha value is -0.830. The molecule has 1 aromatic heterocycles. The molecule has 1 heterocycles. The minimum atomic E-state index is -5.65. The molecule has 0 unspecified atom stereocenters. The highest BCUT2D eigenvalue weighted by molar-refractivity contribution is 7.11. The van der Waals surface area contributed by atoms with Gasteiger partial charge in [0, 0.05) is 5.54 Å². The van der Waals surface area contributed by atoms with Crippen molar-refractivity contribution in [2.45, 2.75) is 45.0 Å². The zero-order chi connectivity index (χ0) is 14.2. The van der Waals surface area contributed by atoms with E-state index in [1.165, 1.54) is 0 Å². The lowest BCUT2D eigenvalue weighted by atomic mass is 10.1. The van der Waals surface area contributed by atoms with Crippen molar-refractivity contribution < 1.29 is 22.0 Å². The third-order valence-electron chi connectivity index (χ3n) is 1.86. The predicted molar refractivity (Wildman–Crippen MR) is 56.5 cm³/mol. The van der Waals surface area contributed by atoms with Crippen LogP contribution in [-0.2, 0) is 12.5 Å². The van der Waals surface area contributed by atoms with Crippen molar-refractivity contribution >= 4 is 11.3 Å². The van der Waals surface area contributed by atoms with E-state index in [1.54, 1.807) is 0 Å². The zero-order valence-corrected chi connectivity index (χ0v) is 10.7. The summed E-state index contributed by atoms with van der Waals surface area (Å²) in [4.78, 5) is 0. The molecule has 0 spiro atoms. The molecule has 0 radical (unpaired) electrons. The standard InChI is InChI=1S/C9H12F5N3S/c1-7(2,3)15-4-5-16-17-6(18-5)8(10,11)9(12,13)14/h15H,4H2,1-3H3. The van der Waals surface area contributed by atoms with E-state index in [0.29, 0.717) is 0 Å². The van der Waals surface area contributed by atoms with Crippen molar-refractivity contribution in [1.82, 2.24) is 15.5 Å². The van der Waals surface area contributed by atoms with Crippen LogP contribution in [0.1, 0.15) is 30.8 Å². The van der Waals surface area contributed by atoms with Gasteiger partial charge in [0.25, 0.3) is 0 Å². The minimum absolute atomic E-state index is 0.0869. The van der Waals surface area contributed by atoms with Gasteiger partial charge in [-0.3, -0.25) is 0 Å². The van der Waals surface area contributed by atoms with Gasteiger partial charge in [-0.1, -0.05) is 11.3 Å². The van der Waals surface area contributed by atoms with E-state index in [2.05, 4.69) is 15.5 Å². The van der Waals surface area contributed by atoms with Gasteiger partial charge in [0.05, 0.1) is 6.54 Å². The van der Waals surface area contributed by atoms with Gasteiger partial charge >= 0.3 is 12.1 Å². The Kier molecular flexibility index (Phi) is 3.97. The van der Waals surface area contributed by atoms with Crippen molar-refractivity contribution in [3.8, 4) is 0 Å². The Morgan fingerprint density at radius 1 is 1.06 bits per heavy atom. The molecule has 9 heteroatoms. The molecule has 0 atom stereocenters. The fourth-order valence-electron chi connectivity index (χ4n) is 0.914. The first-order valence-corrected chi connectivity index (χ1v) is 5.77. The fourth-order valence-corrected chi connectivity index (χ4v) is 1.69. The van der Waals surface area contributed by atoms with E-state index >= 15 is 0 Å². The molecule has 0 fully saturated rings. The second-order valence-electron chi connectivity index (χ2n) is 4.68. The zero-order valence-electron chi connectivity index (χ0n) is 9.90. The van der Waals surface area contributed by atoms with Gasteiger partial charge in [-0.25, -0.2) is 0 Å². The van der Waals surface area contributed by atoms with Gasteiger partial charge in [-0.05, 0) is 20.8 Å². The summed E-state index contributed by atoms with van der Waals surface area (Å²) in [6, 6.07) is 0. The lowest BCUT2D eigenvalue weighted by Crippen LogP contribution is -2.35. The fraction of sp³-hybridized carbons (Fsp3) is 0.778. The maximum absolute atomic E-state index is 12.9. The lowest BCUT2D eigenvalue weighted by molar-refractivity contribution is -0.289. The molecule has 0 saturated carbocycles. The van der Waals surface area contributed by atoms with E-state index in [4.69, 9.17) is 0 Å². The Labute approximate surface area is 104 Å². The third kappa shape index (κ3) is 3.58. The van der Waals surface area contributed by atoms with Crippen molar-refractivity contribution in [2.24, 2.45) is 0 Å². The van der Waals surface area contributed by atoms with Crippen LogP contribution in [0.2, 0.25) is 0 Å². The highest BCUT2D eigenvalue weighted by Gasteiger charge is 2.61. The Morgan fingerprint density at radius 2 is 1.61 bits per heavy atom. The van der Waals surface area contributed by atoms with Gasteiger partial charge < -0.3 is 5.32 Å². The van der Waals surface area contributed by atoms with Crippen molar-refractivity contribution in [3.63, 3.8) is 0 Å². The van der Waals surface area contributed by atoms with Gasteiger partial charge in [-0.2, -0.15) is 22.0 Å². The quantitative estimate of drug-likeness (QED) is 0.869. The summed E-state index contributed by atoms with van der Waals surface area (Å²) >= 11 is 0.253. The second-order valence-corrected chi connectivity index (χ2v) is 5.74. The summed E-state index contributed by atoms with van der Waals surface area (Å²) in [7, 11) is 0. The molecule has 0 saturated heterocycles. The summed E-state index contributed by atoms with van der Waals surface area (Å²) in [5.41, 5.74) is -0.293. The van der Waals surface area contributed by atoms with E-state index in [9.17, 15) is 22.0 Å². The van der Waals surface area contributed by atoms with Crippen LogP contribution in [-0.4, -0.2) is 21.9 Å². The van der Waals surface area contributed by atoms with E-state index in [-0.39, 0.29) is 28.4 Å². The maximum Gasteiger partial charge on any atom is 0.460 e. The first-order chi connectivity index (χ1) is 7.93. The van der Waals surface area contributed by atoms with Gasteiger partial charge in [0.15, 0.2) is 5.01 Å². The molecule has 0 aliphatic rings. The van der Waals surface area contributed by atoms with Crippen molar-refractivity contribution in [3.05, 3.63) is 10.0 Å². The minimum Gasteiger partial charge on any atom is -0.306 e. The Morgan fingerprint density at radius 3 is 2.06 bits per heavy atom. The smallest absolute Gasteiger partial charge is 0.306 e. The molecule has 18 heavy (non-hydrogen) atoms. The SMILES string of the molecule is CC(C)(C)NCc1nnc(C(F)(F)C(F)(F)F)s1. The van der Waals surface area contributed by atoms with Gasteiger partial charge in [0.1, 0.15) is 5.01 Å². The number of aromatic nitrogens is 2. The molecule has 0 bridgehead atoms. The molecule has 1 rings (SSSR count). The van der Waals surface area contributed by atoms with Crippen LogP contribution in [0.25, 0.3) is 0 Å². The molecule has 0 aliphatic heterocycles. The topological polar surface area (TPSA) is 37.8 Å². The monoisotopic (exact) mass is 289 g/mol. The van der Waals surface area contributed by atoms with Crippen LogP contribution in [0.5, 0.6) is 0 Å². The number of hydrogen-bond acceptors (Lipinski definition) is 4. The summed E-state index contributed by atoms with van der Waals surface area (Å²) in [6.45, 7) is 5.59. The highest BCUT2D eigenvalue weighted by atomic mass is 32.1. The van der Waals surface area contributed by atoms with Crippen LogP contribution in [0, 0.1) is 0 Å². The molecular weight excluding hydrogens is 277 g/mol. The molecule has 1 N–H and O–H groups in total. The predicted octanol–water partition coefficient (Wildman–Crippen LogP) is 3.08. The lowest BCUT2D eigenvalue weighted by Gasteiger charge is -2.19. The number of nitrogens with zero attached hydrogens (tertiary/aromatic N) is 2. The molecular formula is C9H12F5N3S. The molecule has 0 amide bonds. The highest BCUT2D eigenvalue weighted by Crippen LogP contribution is 2.44. The van der Waals surface area contributed by atoms with Crippen LogP contribution in [0.4, 0.5) is 22.0 Å². The summed E-state index contributed by atoms with van der Waals surface area (Å²) in [5, 5.41) is 7.92. The summed E-state index contributed by atoms with van der Waals surface area (Å²) in [6.07, 6.45) is -5.65. The number of hydrogen-bond donors (Lipinski definition) is 1. The third-order valence-corrected chi connectivity index (χ3v) is 2.85. The molecule has 1 aromatic rings. The molecule has 3 nitrogen and oxygen atoms in total. The van der Waals surface area contributed by atoms with E-state index in [1.807, 2.05) is 20.8 Å². The average molecular weight is 289 g/mol. The van der Waals surface area contributed by atoms with E-state index < -0.39 is 17.1 Å². The van der Waals surface area contributed by atoms with Gasteiger partial charge in [0.2, 0.25) is 0 Å². The number of halogens is 5. The van der Waals surface area contributed by atoms with Crippen LogP contribution in [0.3, 0.4) is 0 Å². The molecule has 0 aromatic carbocycles. The largest absolute Gasteiger partial charge is 0.460 e. The normalized spacial score (nSPS) is 14.0. The van der Waals surface area contributed by atoms with Crippen molar-refractivity contribution in [2.75, 3.05) is 0 Å². The maximum atomic E-state index is 12.9. The number of rotatable bonds is 3. The van der Waals surface area contributed by atoms with Crippen molar-refractivity contribution in [1.29, 1.82) is 0 Å². The summed E-state index contributed by atoms with van der Waals surface area (Å²) in [5.74, 6) is -4.95. The summed E-state index contributed by atoms with van der Waals surface area (Å²) < 4.78 is 62.1. The van der Waals surface area contributed by atoms with E-state index in [0.717, 1.165) is 0 Å². The number of nitrogens with one attached hydrogen (secondary N) is 1. The van der Waals surface area contributed by atoms with Crippen LogP contribution in [0.15, 0.2) is 0 Å². The van der Waals surface area contributed by atoms with Crippen LogP contribution < -0.4 is 5.32 Å². The first kappa shape index (κ1) is 15.2. The Bertz CT molecular complexity index is 407. The Balaban J connectivity index is 2.81. The van der Waals surface area contributed by atoms with Crippen LogP contribution >= 0.6 is 11.3 Å². The molecule has 0 aliphatic carbocycles. The average Bonchev–Trinajstić information content (AvgIpc) is 2.60. The first-order valence-electron chi connectivity index (χ1n) is 4.96.